The Morgan fingerprint density at radius 2 is 1.31 bits per heavy atom. The topological polar surface area (TPSA) is 198 Å². The molecular formula is C12H17F3N2O9. The molecule has 1 amide bonds. The molecule has 0 aliphatic rings. The second-order valence-electron chi connectivity index (χ2n) is 3.79. The van der Waals surface area contributed by atoms with Gasteiger partial charge in [-0.2, -0.15) is 32.3 Å². The quantitative estimate of drug-likeness (QED) is 0.459. The zero-order valence-electron chi connectivity index (χ0n) is 13.5. The largest absolute Gasteiger partial charge is 0.480 e. The van der Waals surface area contributed by atoms with Crippen LogP contribution >= 0.6 is 0 Å². The number of carboxylic acid groups (broad SMARTS) is 2. The minimum absolute atomic E-state index is 0.100. The van der Waals surface area contributed by atoms with Gasteiger partial charge in [-0.15, -0.1) is 0 Å². The van der Waals surface area contributed by atoms with Crippen LogP contribution in [0.1, 0.15) is 26.7 Å². The highest BCUT2D eigenvalue weighted by Gasteiger charge is 2.40. The van der Waals surface area contributed by atoms with E-state index in [1.54, 1.807) is 6.92 Å². The van der Waals surface area contributed by atoms with E-state index in [0.29, 0.717) is 6.42 Å². The molecule has 0 aromatic carbocycles. The Bertz CT molecular complexity index is 485. The second kappa shape index (κ2) is 18.3. The van der Waals surface area contributed by atoms with Gasteiger partial charge in [0.25, 0.3) is 0 Å². The summed E-state index contributed by atoms with van der Waals surface area (Å²) in [5, 5.41) is 17.7. The number of alkyl halides is 3. The molecule has 14 heteroatoms. The molecule has 2 atom stereocenters. The van der Waals surface area contributed by atoms with E-state index in [9.17, 15) is 27.6 Å². The van der Waals surface area contributed by atoms with Crippen LogP contribution < -0.4 is 11.1 Å². The van der Waals surface area contributed by atoms with Crippen molar-refractivity contribution in [1.29, 1.82) is 0 Å². The van der Waals surface area contributed by atoms with Gasteiger partial charge in [0.05, 0.1) is 0 Å². The minimum Gasteiger partial charge on any atom is -0.480 e. The van der Waals surface area contributed by atoms with Crippen molar-refractivity contribution in [3.8, 4) is 0 Å². The molecule has 0 rings (SSSR count). The molecule has 0 spiro atoms. The molecule has 0 unspecified atom stereocenters. The summed E-state index contributed by atoms with van der Waals surface area (Å²) in [7, 11) is 0. The molecule has 0 heterocycles. The Hall–Kier alpha value is -3.08. The second-order valence-corrected chi connectivity index (χ2v) is 3.79. The first-order chi connectivity index (χ1) is 11.8. The first kappa shape index (κ1) is 30.8. The SMILES string of the molecule is CC[C@H](N)C(=O)O.CC[C@H](NC(=O)C(F)(F)F)C(=O)O.O=C=O.O=C=O. The normalized spacial score (nSPS) is 11.0. The summed E-state index contributed by atoms with van der Waals surface area (Å²) < 4.78 is 34.8. The maximum absolute atomic E-state index is 11.6. The lowest BCUT2D eigenvalue weighted by atomic mass is 10.2. The number of amides is 1. The van der Waals surface area contributed by atoms with Gasteiger partial charge in [-0.1, -0.05) is 13.8 Å². The van der Waals surface area contributed by atoms with Crippen LogP contribution in [0.3, 0.4) is 0 Å². The molecule has 0 aliphatic heterocycles. The fourth-order valence-corrected chi connectivity index (χ4v) is 0.753. The molecule has 150 valence electrons. The molecule has 11 nitrogen and oxygen atoms in total. The number of carbonyl (C=O) groups is 3. The number of aliphatic carboxylic acids is 2. The van der Waals surface area contributed by atoms with Crippen molar-refractivity contribution < 1.29 is 56.9 Å². The lowest BCUT2D eigenvalue weighted by molar-refractivity contribution is -0.193. The van der Waals surface area contributed by atoms with E-state index >= 15 is 0 Å². The lowest BCUT2D eigenvalue weighted by Gasteiger charge is -2.13. The molecule has 0 radical (unpaired) electrons. The van der Waals surface area contributed by atoms with Crippen LogP contribution in [0.25, 0.3) is 0 Å². The standard InChI is InChI=1S/C6H8F3NO3.C4H9NO2.2CO2/c1-2-3(4(11)12)10-5(13)6(7,8)9;1-2-3(5)4(6)7;2*2-1-3/h3H,2H2,1H3,(H,10,13)(H,11,12);3H,2,5H2,1H3,(H,6,7);;/t2*3-;;/m00../s1. The van der Waals surface area contributed by atoms with Crippen molar-refractivity contribution >= 4 is 30.1 Å². The number of carboxylic acids is 2. The Morgan fingerprint density at radius 3 is 1.42 bits per heavy atom. The molecular weight excluding hydrogens is 373 g/mol. The van der Waals surface area contributed by atoms with Crippen molar-refractivity contribution in [2.75, 3.05) is 0 Å². The summed E-state index contributed by atoms with van der Waals surface area (Å²) in [4.78, 5) is 62.8. The predicted molar refractivity (Wildman–Crippen MR) is 71.8 cm³/mol. The highest BCUT2D eigenvalue weighted by atomic mass is 19.4. The fourth-order valence-electron chi connectivity index (χ4n) is 0.753. The third-order valence-electron chi connectivity index (χ3n) is 2.03. The van der Waals surface area contributed by atoms with Crippen LogP contribution in [0, 0.1) is 0 Å². The van der Waals surface area contributed by atoms with Crippen LogP contribution in [0.4, 0.5) is 13.2 Å². The van der Waals surface area contributed by atoms with Gasteiger partial charge in [0.1, 0.15) is 12.1 Å². The smallest absolute Gasteiger partial charge is 0.471 e. The van der Waals surface area contributed by atoms with Crippen LogP contribution in [-0.4, -0.2) is 58.6 Å². The van der Waals surface area contributed by atoms with Crippen LogP contribution in [0.2, 0.25) is 0 Å². The van der Waals surface area contributed by atoms with Crippen LogP contribution in [0.15, 0.2) is 0 Å². The highest BCUT2D eigenvalue weighted by molar-refractivity contribution is 5.86. The maximum Gasteiger partial charge on any atom is 0.471 e. The van der Waals surface area contributed by atoms with Gasteiger partial charge in [0.15, 0.2) is 0 Å². The van der Waals surface area contributed by atoms with Crippen molar-refractivity contribution in [2.45, 2.75) is 44.9 Å². The van der Waals surface area contributed by atoms with E-state index in [0.717, 1.165) is 0 Å². The molecule has 0 aromatic rings. The summed E-state index contributed by atoms with van der Waals surface area (Å²) >= 11 is 0. The summed E-state index contributed by atoms with van der Waals surface area (Å²) in [5.41, 5.74) is 5.02. The average Bonchev–Trinajstić information content (AvgIpc) is 2.52. The average molecular weight is 390 g/mol. The third-order valence-corrected chi connectivity index (χ3v) is 2.03. The zero-order valence-corrected chi connectivity index (χ0v) is 13.5. The van der Waals surface area contributed by atoms with E-state index in [1.165, 1.54) is 12.2 Å². The summed E-state index contributed by atoms with van der Waals surface area (Å²) in [6.45, 7) is 3.09. The lowest BCUT2D eigenvalue weighted by Crippen LogP contribution is -2.46. The van der Waals surface area contributed by atoms with Gasteiger partial charge in [-0.3, -0.25) is 9.59 Å². The number of carbonyl (C=O) groups excluding carboxylic acids is 5. The number of hydrogen-bond donors (Lipinski definition) is 4. The maximum atomic E-state index is 11.6. The molecule has 0 saturated carbocycles. The van der Waals surface area contributed by atoms with Crippen LogP contribution in [-0.2, 0) is 33.6 Å². The van der Waals surface area contributed by atoms with Crippen molar-refractivity contribution in [2.24, 2.45) is 5.73 Å². The van der Waals surface area contributed by atoms with Gasteiger partial charge in [-0.05, 0) is 12.8 Å². The molecule has 0 fully saturated rings. The third kappa shape index (κ3) is 23.2. The predicted octanol–water partition coefficient (Wildman–Crippen LogP) is -0.831. The summed E-state index contributed by atoms with van der Waals surface area (Å²) in [5.74, 6) is -4.65. The molecule has 5 N–H and O–H groups in total. The van der Waals surface area contributed by atoms with Gasteiger partial charge in [0.2, 0.25) is 0 Å². The van der Waals surface area contributed by atoms with Gasteiger partial charge in [-0.25, -0.2) is 4.79 Å². The van der Waals surface area contributed by atoms with Crippen LogP contribution in [0.5, 0.6) is 0 Å². The Morgan fingerprint density at radius 1 is 0.962 bits per heavy atom. The monoisotopic (exact) mass is 390 g/mol. The molecule has 26 heavy (non-hydrogen) atoms. The number of hydrogen-bond acceptors (Lipinski definition) is 8. The van der Waals surface area contributed by atoms with Crippen molar-refractivity contribution in [1.82, 2.24) is 5.32 Å². The van der Waals surface area contributed by atoms with Crippen molar-refractivity contribution in [3.63, 3.8) is 0 Å². The van der Waals surface area contributed by atoms with E-state index in [1.807, 2.05) is 0 Å². The van der Waals surface area contributed by atoms with Gasteiger partial charge >= 0.3 is 36.3 Å². The fraction of sp³-hybridized carbons (Fsp3) is 0.583. The van der Waals surface area contributed by atoms with Gasteiger partial charge in [0, 0.05) is 0 Å². The summed E-state index contributed by atoms with van der Waals surface area (Å²) in [6.07, 6.45) is -4.14. The molecule has 0 aromatic heterocycles. The Kier molecular flexibility index (Phi) is 21.6. The molecule has 0 bridgehead atoms. The highest BCUT2D eigenvalue weighted by Crippen LogP contribution is 2.14. The minimum atomic E-state index is -5.04. The van der Waals surface area contributed by atoms with E-state index in [4.69, 9.17) is 35.1 Å². The number of nitrogens with two attached hydrogens (primary N) is 1. The van der Waals surface area contributed by atoms with Gasteiger partial charge < -0.3 is 21.3 Å². The van der Waals surface area contributed by atoms with E-state index < -0.39 is 36.1 Å². The Balaban J connectivity index is -0.000000155. The zero-order chi connectivity index (χ0) is 21.9. The molecule has 0 aliphatic carbocycles. The Labute approximate surface area is 144 Å². The van der Waals surface area contributed by atoms with E-state index in [2.05, 4.69) is 0 Å². The first-order valence-corrected chi connectivity index (χ1v) is 6.37. The number of rotatable bonds is 5. The number of nitrogens with one attached hydrogen (secondary N) is 1. The first-order valence-electron chi connectivity index (χ1n) is 6.37. The van der Waals surface area contributed by atoms with E-state index in [-0.39, 0.29) is 18.7 Å². The van der Waals surface area contributed by atoms with Crippen molar-refractivity contribution in [3.05, 3.63) is 0 Å². The molecule has 0 saturated heterocycles. The number of halogens is 3. The summed E-state index contributed by atoms with van der Waals surface area (Å²) in [6, 6.07) is -2.17.